The summed E-state index contributed by atoms with van der Waals surface area (Å²) in [6, 6.07) is 8.68. The standard InChI is InChI=1S/C12H9F2NO/c13-9-5-7(6-10(15)12(9)14)8-3-1-2-4-11(8)16/h1-6,16H,15H2. The normalized spacial score (nSPS) is 10.4. The van der Waals surface area contributed by atoms with E-state index in [1.807, 2.05) is 0 Å². The molecule has 0 fully saturated rings. The van der Waals surface area contributed by atoms with Gasteiger partial charge in [0.2, 0.25) is 0 Å². The molecule has 82 valence electrons. The lowest BCUT2D eigenvalue weighted by Crippen LogP contribution is -1.95. The number of phenols is 1. The summed E-state index contributed by atoms with van der Waals surface area (Å²) in [5.41, 5.74) is 5.79. The van der Waals surface area contributed by atoms with E-state index in [0.29, 0.717) is 11.1 Å². The van der Waals surface area contributed by atoms with Crippen LogP contribution in [-0.4, -0.2) is 5.11 Å². The van der Waals surface area contributed by atoms with E-state index >= 15 is 0 Å². The predicted molar refractivity (Wildman–Crippen MR) is 57.9 cm³/mol. The summed E-state index contributed by atoms with van der Waals surface area (Å²) in [4.78, 5) is 0. The van der Waals surface area contributed by atoms with Crippen LogP contribution >= 0.6 is 0 Å². The summed E-state index contributed by atoms with van der Waals surface area (Å²) >= 11 is 0. The summed E-state index contributed by atoms with van der Waals surface area (Å²) in [5, 5.41) is 9.56. The molecule has 0 saturated carbocycles. The summed E-state index contributed by atoms with van der Waals surface area (Å²) in [5.74, 6) is -2.11. The number of phenolic OH excluding ortho intramolecular Hbond substituents is 1. The minimum atomic E-state index is -1.07. The smallest absolute Gasteiger partial charge is 0.181 e. The monoisotopic (exact) mass is 221 g/mol. The Bertz CT molecular complexity index is 517. The highest BCUT2D eigenvalue weighted by atomic mass is 19.2. The highest BCUT2D eigenvalue weighted by Gasteiger charge is 2.11. The quantitative estimate of drug-likeness (QED) is 0.727. The third kappa shape index (κ3) is 1.69. The maximum absolute atomic E-state index is 13.1. The Labute approximate surface area is 91.0 Å². The van der Waals surface area contributed by atoms with Crippen molar-refractivity contribution < 1.29 is 13.9 Å². The van der Waals surface area contributed by atoms with Crippen LogP contribution in [0, 0.1) is 11.6 Å². The molecule has 0 spiro atoms. The summed E-state index contributed by atoms with van der Waals surface area (Å²) < 4.78 is 26.1. The molecular weight excluding hydrogens is 212 g/mol. The van der Waals surface area contributed by atoms with Gasteiger partial charge in [0.25, 0.3) is 0 Å². The van der Waals surface area contributed by atoms with Crippen molar-refractivity contribution in [2.75, 3.05) is 5.73 Å². The molecular formula is C12H9F2NO. The number of para-hydroxylation sites is 1. The van der Waals surface area contributed by atoms with Crippen LogP contribution in [0.2, 0.25) is 0 Å². The molecule has 4 heteroatoms. The number of aromatic hydroxyl groups is 1. The molecule has 0 aromatic heterocycles. The molecule has 0 aliphatic rings. The van der Waals surface area contributed by atoms with E-state index in [1.54, 1.807) is 18.2 Å². The fourth-order valence-electron chi connectivity index (χ4n) is 1.48. The topological polar surface area (TPSA) is 46.2 Å². The van der Waals surface area contributed by atoms with E-state index in [-0.39, 0.29) is 11.4 Å². The Hall–Kier alpha value is -2.10. The van der Waals surface area contributed by atoms with Crippen LogP contribution in [0.1, 0.15) is 0 Å². The zero-order valence-corrected chi connectivity index (χ0v) is 8.24. The molecule has 2 aromatic carbocycles. The highest BCUT2D eigenvalue weighted by Crippen LogP contribution is 2.31. The van der Waals surface area contributed by atoms with Gasteiger partial charge in [-0.3, -0.25) is 0 Å². The van der Waals surface area contributed by atoms with E-state index in [2.05, 4.69) is 0 Å². The maximum atomic E-state index is 13.1. The Morgan fingerprint density at radius 3 is 2.38 bits per heavy atom. The van der Waals surface area contributed by atoms with Crippen molar-refractivity contribution in [1.29, 1.82) is 0 Å². The second-order valence-corrected chi connectivity index (χ2v) is 3.38. The summed E-state index contributed by atoms with van der Waals surface area (Å²) in [7, 11) is 0. The van der Waals surface area contributed by atoms with Crippen LogP contribution in [0.25, 0.3) is 11.1 Å². The Morgan fingerprint density at radius 1 is 1.06 bits per heavy atom. The molecule has 2 aromatic rings. The lowest BCUT2D eigenvalue weighted by atomic mass is 10.0. The molecule has 0 amide bonds. The van der Waals surface area contributed by atoms with Crippen molar-refractivity contribution in [3.63, 3.8) is 0 Å². The SMILES string of the molecule is Nc1cc(-c2ccccc2O)cc(F)c1F. The number of rotatable bonds is 1. The van der Waals surface area contributed by atoms with Gasteiger partial charge in [0.15, 0.2) is 11.6 Å². The predicted octanol–water partition coefficient (Wildman–Crippen LogP) is 2.92. The van der Waals surface area contributed by atoms with E-state index < -0.39 is 11.6 Å². The Balaban J connectivity index is 2.62. The van der Waals surface area contributed by atoms with Gasteiger partial charge in [-0.25, -0.2) is 8.78 Å². The first-order valence-electron chi connectivity index (χ1n) is 4.62. The molecule has 0 atom stereocenters. The number of hydrogen-bond donors (Lipinski definition) is 2. The van der Waals surface area contributed by atoms with Gasteiger partial charge < -0.3 is 10.8 Å². The van der Waals surface area contributed by atoms with Gasteiger partial charge in [-0.1, -0.05) is 18.2 Å². The average molecular weight is 221 g/mol. The minimum Gasteiger partial charge on any atom is -0.507 e. The van der Waals surface area contributed by atoms with Gasteiger partial charge in [-0.05, 0) is 23.8 Å². The molecule has 3 N–H and O–H groups in total. The van der Waals surface area contributed by atoms with Crippen LogP contribution in [-0.2, 0) is 0 Å². The fourth-order valence-corrected chi connectivity index (χ4v) is 1.48. The zero-order valence-electron chi connectivity index (χ0n) is 8.24. The van der Waals surface area contributed by atoms with Crippen LogP contribution in [0.4, 0.5) is 14.5 Å². The molecule has 0 unspecified atom stereocenters. The van der Waals surface area contributed by atoms with E-state index in [0.717, 1.165) is 6.07 Å². The summed E-state index contributed by atoms with van der Waals surface area (Å²) in [6.07, 6.45) is 0. The average Bonchev–Trinajstić information content (AvgIpc) is 2.26. The number of benzene rings is 2. The number of hydrogen-bond acceptors (Lipinski definition) is 2. The first kappa shape index (κ1) is 10.4. The maximum Gasteiger partial charge on any atom is 0.181 e. The Kier molecular flexibility index (Phi) is 2.48. The van der Waals surface area contributed by atoms with Gasteiger partial charge in [-0.2, -0.15) is 0 Å². The molecule has 0 saturated heterocycles. The van der Waals surface area contributed by atoms with Gasteiger partial charge in [-0.15, -0.1) is 0 Å². The van der Waals surface area contributed by atoms with Gasteiger partial charge in [0.05, 0.1) is 5.69 Å². The molecule has 0 aliphatic heterocycles. The largest absolute Gasteiger partial charge is 0.507 e. The minimum absolute atomic E-state index is 0.00657. The molecule has 16 heavy (non-hydrogen) atoms. The van der Waals surface area contributed by atoms with Gasteiger partial charge in [0, 0.05) is 5.56 Å². The summed E-state index contributed by atoms with van der Waals surface area (Å²) in [6.45, 7) is 0. The second kappa shape index (κ2) is 3.81. The van der Waals surface area contributed by atoms with Crippen molar-refractivity contribution in [3.8, 4) is 16.9 Å². The number of halogens is 2. The number of nitrogen functional groups attached to an aromatic ring is 1. The van der Waals surface area contributed by atoms with E-state index in [9.17, 15) is 13.9 Å². The third-order valence-electron chi connectivity index (χ3n) is 2.27. The fraction of sp³-hybridized carbons (Fsp3) is 0. The molecule has 2 rings (SSSR count). The van der Waals surface area contributed by atoms with Gasteiger partial charge in [0.1, 0.15) is 5.75 Å². The van der Waals surface area contributed by atoms with Crippen molar-refractivity contribution in [1.82, 2.24) is 0 Å². The molecule has 0 bridgehead atoms. The van der Waals surface area contributed by atoms with Crippen molar-refractivity contribution in [2.24, 2.45) is 0 Å². The first-order valence-corrected chi connectivity index (χ1v) is 4.62. The molecule has 0 radical (unpaired) electrons. The Morgan fingerprint density at radius 2 is 1.75 bits per heavy atom. The molecule has 0 aliphatic carbocycles. The molecule has 0 heterocycles. The third-order valence-corrected chi connectivity index (χ3v) is 2.27. The highest BCUT2D eigenvalue weighted by molar-refractivity contribution is 5.72. The van der Waals surface area contributed by atoms with E-state index in [1.165, 1.54) is 12.1 Å². The number of nitrogens with two attached hydrogens (primary N) is 1. The van der Waals surface area contributed by atoms with Gasteiger partial charge >= 0.3 is 0 Å². The van der Waals surface area contributed by atoms with Crippen LogP contribution in [0.5, 0.6) is 5.75 Å². The molecule has 2 nitrogen and oxygen atoms in total. The lowest BCUT2D eigenvalue weighted by molar-refractivity contribution is 0.477. The van der Waals surface area contributed by atoms with Crippen molar-refractivity contribution in [2.45, 2.75) is 0 Å². The first-order chi connectivity index (χ1) is 7.59. The zero-order chi connectivity index (χ0) is 11.7. The van der Waals surface area contributed by atoms with Crippen molar-refractivity contribution in [3.05, 3.63) is 48.0 Å². The van der Waals surface area contributed by atoms with Crippen LogP contribution in [0.3, 0.4) is 0 Å². The van der Waals surface area contributed by atoms with Crippen LogP contribution < -0.4 is 5.73 Å². The van der Waals surface area contributed by atoms with E-state index in [4.69, 9.17) is 5.73 Å². The van der Waals surface area contributed by atoms with Crippen molar-refractivity contribution >= 4 is 5.69 Å². The number of anilines is 1. The van der Waals surface area contributed by atoms with Crippen LogP contribution in [0.15, 0.2) is 36.4 Å². The second-order valence-electron chi connectivity index (χ2n) is 3.38. The lowest BCUT2D eigenvalue weighted by Gasteiger charge is -2.06.